The minimum atomic E-state index is 0.0343. The number of nitrogens with zero attached hydrogens (tertiary/aromatic N) is 2. The first-order valence-corrected chi connectivity index (χ1v) is 9.55. The summed E-state index contributed by atoms with van der Waals surface area (Å²) in [6.45, 7) is 3.12. The van der Waals surface area contributed by atoms with E-state index < -0.39 is 0 Å². The lowest BCUT2D eigenvalue weighted by atomic mass is 9.97. The summed E-state index contributed by atoms with van der Waals surface area (Å²) in [5.41, 5.74) is 5.37. The topological polar surface area (TPSA) is 46.9 Å². The average Bonchev–Trinajstić information content (AvgIpc) is 3.56. The molecule has 4 nitrogen and oxygen atoms in total. The van der Waals surface area contributed by atoms with E-state index in [9.17, 15) is 4.79 Å². The molecule has 0 saturated heterocycles. The third-order valence-corrected chi connectivity index (χ3v) is 5.49. The molecular weight excluding hydrogens is 322 g/mol. The molecule has 1 N–H and O–H groups in total. The van der Waals surface area contributed by atoms with Crippen molar-refractivity contribution in [2.24, 2.45) is 5.92 Å². The van der Waals surface area contributed by atoms with Crippen LogP contribution in [-0.4, -0.2) is 21.7 Å². The van der Waals surface area contributed by atoms with E-state index in [1.54, 1.807) is 0 Å². The van der Waals surface area contributed by atoms with Gasteiger partial charge in [-0.1, -0.05) is 12.1 Å². The number of carbonyl (C=O) groups excluding carboxylic acids is 1. The van der Waals surface area contributed by atoms with Crippen LogP contribution >= 0.6 is 0 Å². The second-order valence-corrected chi connectivity index (χ2v) is 7.82. The summed E-state index contributed by atoms with van der Waals surface area (Å²) in [7, 11) is 0. The van der Waals surface area contributed by atoms with Gasteiger partial charge in [0.2, 0.25) is 0 Å². The predicted molar refractivity (Wildman–Crippen MR) is 103 cm³/mol. The SMILES string of the molecule is Cc1ccc(C(=O)NC2CC2)cc1-c1ccc2c(cnn2CC2CC2)c1. The first kappa shape index (κ1) is 15.6. The lowest BCUT2D eigenvalue weighted by molar-refractivity contribution is 0.0951. The summed E-state index contributed by atoms with van der Waals surface area (Å²) >= 11 is 0. The third kappa shape index (κ3) is 3.00. The number of rotatable bonds is 5. The van der Waals surface area contributed by atoms with Gasteiger partial charge in [0, 0.05) is 23.5 Å². The van der Waals surface area contributed by atoms with Gasteiger partial charge in [0.1, 0.15) is 0 Å². The maximum absolute atomic E-state index is 12.4. The molecule has 2 aromatic carbocycles. The van der Waals surface area contributed by atoms with E-state index in [1.165, 1.54) is 23.9 Å². The smallest absolute Gasteiger partial charge is 0.251 e. The van der Waals surface area contributed by atoms with Gasteiger partial charge in [-0.15, -0.1) is 0 Å². The Morgan fingerprint density at radius 3 is 2.77 bits per heavy atom. The summed E-state index contributed by atoms with van der Waals surface area (Å²) in [6.07, 6.45) is 6.82. The highest BCUT2D eigenvalue weighted by Crippen LogP contribution is 2.33. The van der Waals surface area contributed by atoms with Gasteiger partial charge in [-0.25, -0.2) is 0 Å². The monoisotopic (exact) mass is 345 g/mol. The summed E-state index contributed by atoms with van der Waals surface area (Å²) in [5, 5.41) is 8.81. The van der Waals surface area contributed by atoms with E-state index >= 15 is 0 Å². The van der Waals surface area contributed by atoms with Crippen molar-refractivity contribution in [1.29, 1.82) is 0 Å². The molecule has 2 aliphatic carbocycles. The number of hydrogen-bond donors (Lipinski definition) is 1. The van der Waals surface area contributed by atoms with E-state index in [1.807, 2.05) is 24.4 Å². The van der Waals surface area contributed by atoms with Crippen molar-refractivity contribution in [2.75, 3.05) is 0 Å². The lowest BCUT2D eigenvalue weighted by Gasteiger charge is -2.10. The van der Waals surface area contributed by atoms with Gasteiger partial charge in [0.15, 0.2) is 0 Å². The van der Waals surface area contributed by atoms with Gasteiger partial charge in [-0.3, -0.25) is 9.48 Å². The van der Waals surface area contributed by atoms with Gasteiger partial charge in [-0.05, 0) is 79.5 Å². The lowest BCUT2D eigenvalue weighted by Crippen LogP contribution is -2.25. The van der Waals surface area contributed by atoms with E-state index in [4.69, 9.17) is 0 Å². The van der Waals surface area contributed by atoms with Gasteiger partial charge < -0.3 is 5.32 Å². The minimum absolute atomic E-state index is 0.0343. The van der Waals surface area contributed by atoms with Crippen molar-refractivity contribution in [3.05, 3.63) is 53.7 Å². The Labute approximate surface area is 153 Å². The molecule has 26 heavy (non-hydrogen) atoms. The van der Waals surface area contributed by atoms with Crippen LogP contribution in [0.2, 0.25) is 0 Å². The van der Waals surface area contributed by atoms with Crippen LogP contribution in [0, 0.1) is 12.8 Å². The van der Waals surface area contributed by atoms with Crippen molar-refractivity contribution in [3.63, 3.8) is 0 Å². The zero-order chi connectivity index (χ0) is 17.7. The fraction of sp³-hybridized carbons (Fsp3) is 0.364. The molecule has 1 amide bonds. The van der Waals surface area contributed by atoms with E-state index in [2.05, 4.69) is 40.2 Å². The second-order valence-electron chi connectivity index (χ2n) is 7.82. The zero-order valence-electron chi connectivity index (χ0n) is 15.0. The van der Waals surface area contributed by atoms with E-state index in [0.29, 0.717) is 6.04 Å². The van der Waals surface area contributed by atoms with Crippen molar-refractivity contribution in [3.8, 4) is 11.1 Å². The number of hydrogen-bond acceptors (Lipinski definition) is 2. The molecule has 0 radical (unpaired) electrons. The fourth-order valence-corrected chi connectivity index (χ4v) is 3.52. The molecule has 0 aliphatic heterocycles. The second kappa shape index (κ2) is 5.97. The van der Waals surface area contributed by atoms with Crippen molar-refractivity contribution in [2.45, 2.75) is 45.2 Å². The molecule has 2 fully saturated rings. The van der Waals surface area contributed by atoms with Crippen LogP contribution in [0.25, 0.3) is 22.0 Å². The number of benzene rings is 2. The van der Waals surface area contributed by atoms with Crippen molar-refractivity contribution in [1.82, 2.24) is 15.1 Å². The number of aromatic nitrogens is 2. The van der Waals surface area contributed by atoms with Crippen LogP contribution in [0.3, 0.4) is 0 Å². The van der Waals surface area contributed by atoms with Crippen LogP contribution in [0.1, 0.15) is 41.6 Å². The summed E-state index contributed by atoms with van der Waals surface area (Å²) in [4.78, 5) is 12.4. The quantitative estimate of drug-likeness (QED) is 0.749. The number of aryl methyl sites for hydroxylation is 1. The van der Waals surface area contributed by atoms with E-state index in [0.717, 1.165) is 47.4 Å². The molecule has 3 aromatic rings. The molecule has 0 atom stereocenters. The largest absolute Gasteiger partial charge is 0.349 e. The maximum atomic E-state index is 12.4. The summed E-state index contributed by atoms with van der Waals surface area (Å²) in [5.74, 6) is 0.841. The molecule has 0 unspecified atom stereocenters. The van der Waals surface area contributed by atoms with Gasteiger partial charge >= 0.3 is 0 Å². The first-order chi connectivity index (χ1) is 12.7. The number of amides is 1. The molecule has 1 aromatic heterocycles. The number of nitrogens with one attached hydrogen (secondary N) is 1. The zero-order valence-corrected chi connectivity index (χ0v) is 15.0. The molecule has 2 saturated carbocycles. The highest BCUT2D eigenvalue weighted by atomic mass is 16.1. The van der Waals surface area contributed by atoms with Gasteiger partial charge in [0.05, 0.1) is 11.7 Å². The number of carbonyl (C=O) groups is 1. The van der Waals surface area contributed by atoms with Crippen LogP contribution in [0.15, 0.2) is 42.6 Å². The maximum Gasteiger partial charge on any atom is 0.251 e. The molecule has 1 heterocycles. The van der Waals surface area contributed by atoms with Crippen LogP contribution in [0.5, 0.6) is 0 Å². The van der Waals surface area contributed by atoms with Crippen LogP contribution < -0.4 is 5.32 Å². The molecule has 0 spiro atoms. The molecule has 2 aliphatic rings. The highest BCUT2D eigenvalue weighted by Gasteiger charge is 2.24. The standard InChI is InChI=1S/C22H23N3O/c1-14-2-5-17(22(26)24-19-7-8-19)11-20(14)16-6-9-21-18(10-16)12-23-25(21)13-15-3-4-15/h2,5-6,9-12,15,19H,3-4,7-8,13H2,1H3,(H,24,26). The van der Waals surface area contributed by atoms with Gasteiger partial charge in [0.25, 0.3) is 5.91 Å². The Kier molecular flexibility index (Phi) is 3.59. The molecule has 132 valence electrons. The molecular formula is C22H23N3O. The van der Waals surface area contributed by atoms with Gasteiger partial charge in [-0.2, -0.15) is 5.10 Å². The van der Waals surface area contributed by atoms with Crippen LogP contribution in [0.4, 0.5) is 0 Å². The third-order valence-electron chi connectivity index (χ3n) is 5.49. The van der Waals surface area contributed by atoms with Crippen molar-refractivity contribution >= 4 is 16.8 Å². The summed E-state index contributed by atoms with van der Waals surface area (Å²) in [6, 6.07) is 12.9. The Bertz CT molecular complexity index is 996. The highest BCUT2D eigenvalue weighted by molar-refractivity contribution is 5.96. The molecule has 4 heteroatoms. The fourth-order valence-electron chi connectivity index (χ4n) is 3.52. The Hall–Kier alpha value is -2.62. The van der Waals surface area contributed by atoms with Crippen LogP contribution in [-0.2, 0) is 6.54 Å². The number of fused-ring (bicyclic) bond motifs is 1. The normalized spacial score (nSPS) is 16.8. The Morgan fingerprint density at radius 2 is 2.00 bits per heavy atom. The molecule has 5 rings (SSSR count). The first-order valence-electron chi connectivity index (χ1n) is 9.55. The Morgan fingerprint density at radius 1 is 1.15 bits per heavy atom. The van der Waals surface area contributed by atoms with Crippen molar-refractivity contribution < 1.29 is 4.79 Å². The van der Waals surface area contributed by atoms with E-state index in [-0.39, 0.29) is 5.91 Å². The Balaban J connectivity index is 1.48. The molecule has 0 bridgehead atoms. The summed E-state index contributed by atoms with van der Waals surface area (Å²) < 4.78 is 2.13. The minimum Gasteiger partial charge on any atom is -0.349 e. The predicted octanol–water partition coefficient (Wildman–Crippen LogP) is 4.31. The average molecular weight is 345 g/mol.